The van der Waals surface area contributed by atoms with Gasteiger partial charge in [0.25, 0.3) is 0 Å². The Bertz CT molecular complexity index is 538. The largest absolute Gasteiger partial charge is 0.489 e. The van der Waals surface area contributed by atoms with Crippen LogP contribution in [-0.2, 0) is 0 Å². The Morgan fingerprint density at radius 2 is 1.68 bits per heavy atom. The van der Waals surface area contributed by atoms with E-state index in [9.17, 15) is 0 Å². The normalized spacial score (nSPS) is 10.5. The summed E-state index contributed by atoms with van der Waals surface area (Å²) in [6.07, 6.45) is 0.111. The first-order valence-corrected chi connectivity index (χ1v) is 6.43. The number of nitrogen functional groups attached to an aromatic ring is 1. The maximum atomic E-state index is 6.20. The molecule has 0 atom stereocenters. The zero-order chi connectivity index (χ0) is 13.8. The molecule has 100 valence electrons. The SMILES string of the molecule is CC(C)Oc1cccc(N(C)c2ccccc2)c1N. The molecular weight excluding hydrogens is 236 g/mol. The van der Waals surface area contributed by atoms with Crippen LogP contribution >= 0.6 is 0 Å². The van der Waals surface area contributed by atoms with Crippen LogP contribution in [0.15, 0.2) is 48.5 Å². The van der Waals surface area contributed by atoms with E-state index in [-0.39, 0.29) is 6.10 Å². The lowest BCUT2D eigenvalue weighted by Gasteiger charge is -2.23. The Hall–Kier alpha value is -2.16. The van der Waals surface area contributed by atoms with Gasteiger partial charge in [0.05, 0.1) is 17.5 Å². The number of nitrogens with two attached hydrogens (primary N) is 1. The van der Waals surface area contributed by atoms with E-state index in [4.69, 9.17) is 10.5 Å². The number of hydrogen-bond donors (Lipinski definition) is 1. The molecule has 0 aliphatic carbocycles. The second-order valence-electron chi connectivity index (χ2n) is 4.75. The number of nitrogens with zero attached hydrogens (tertiary/aromatic N) is 1. The molecule has 0 heterocycles. The zero-order valence-corrected chi connectivity index (χ0v) is 11.6. The quantitative estimate of drug-likeness (QED) is 0.845. The van der Waals surface area contributed by atoms with Gasteiger partial charge in [-0.2, -0.15) is 0 Å². The van der Waals surface area contributed by atoms with Crippen LogP contribution in [0.25, 0.3) is 0 Å². The molecule has 2 aromatic carbocycles. The summed E-state index contributed by atoms with van der Waals surface area (Å²) in [5.41, 5.74) is 8.91. The van der Waals surface area contributed by atoms with Crippen molar-refractivity contribution < 1.29 is 4.74 Å². The average Bonchev–Trinajstić information content (AvgIpc) is 2.41. The van der Waals surface area contributed by atoms with Crippen molar-refractivity contribution in [2.75, 3.05) is 17.7 Å². The highest BCUT2D eigenvalue weighted by Gasteiger charge is 2.12. The first-order valence-electron chi connectivity index (χ1n) is 6.43. The predicted molar refractivity (Wildman–Crippen MR) is 81.1 cm³/mol. The molecule has 3 nitrogen and oxygen atoms in total. The molecule has 0 amide bonds. The maximum Gasteiger partial charge on any atom is 0.144 e. The fourth-order valence-electron chi connectivity index (χ4n) is 1.97. The standard InChI is InChI=1S/C16H20N2O/c1-12(2)19-15-11-7-10-14(16(15)17)18(3)13-8-5-4-6-9-13/h4-12H,17H2,1-3H3. The van der Waals surface area contributed by atoms with Crippen molar-refractivity contribution in [1.29, 1.82) is 0 Å². The molecule has 0 spiro atoms. The van der Waals surface area contributed by atoms with Crippen LogP contribution < -0.4 is 15.4 Å². The summed E-state index contributed by atoms with van der Waals surface area (Å²) in [6, 6.07) is 16.0. The van der Waals surface area contributed by atoms with Crippen molar-refractivity contribution in [3.8, 4) is 5.75 Å². The lowest BCUT2D eigenvalue weighted by molar-refractivity contribution is 0.244. The van der Waals surface area contributed by atoms with Gasteiger partial charge in [0.15, 0.2) is 0 Å². The van der Waals surface area contributed by atoms with Crippen LogP contribution in [0.3, 0.4) is 0 Å². The highest BCUT2D eigenvalue weighted by Crippen LogP contribution is 2.35. The molecule has 0 radical (unpaired) electrons. The van der Waals surface area contributed by atoms with Crippen LogP contribution in [0.5, 0.6) is 5.75 Å². The molecule has 0 bridgehead atoms. The third kappa shape index (κ3) is 2.99. The van der Waals surface area contributed by atoms with Gasteiger partial charge in [-0.25, -0.2) is 0 Å². The molecule has 0 aliphatic heterocycles. The third-order valence-electron chi connectivity index (χ3n) is 2.91. The minimum absolute atomic E-state index is 0.111. The average molecular weight is 256 g/mol. The minimum atomic E-state index is 0.111. The second kappa shape index (κ2) is 5.65. The van der Waals surface area contributed by atoms with Crippen LogP contribution in [0.1, 0.15) is 13.8 Å². The van der Waals surface area contributed by atoms with Crippen molar-refractivity contribution >= 4 is 17.1 Å². The molecule has 3 heteroatoms. The van der Waals surface area contributed by atoms with Crippen molar-refractivity contribution in [2.45, 2.75) is 20.0 Å². The Labute approximate surface area is 114 Å². The first-order chi connectivity index (χ1) is 9.09. The number of benzene rings is 2. The van der Waals surface area contributed by atoms with Crippen molar-refractivity contribution in [3.05, 3.63) is 48.5 Å². The molecule has 2 rings (SSSR count). The highest BCUT2D eigenvalue weighted by molar-refractivity contribution is 5.78. The summed E-state index contributed by atoms with van der Waals surface area (Å²) in [4.78, 5) is 2.06. The molecule has 2 N–H and O–H groups in total. The molecule has 0 unspecified atom stereocenters. The van der Waals surface area contributed by atoms with Gasteiger partial charge in [-0.3, -0.25) is 0 Å². The molecular formula is C16H20N2O. The first kappa shape index (κ1) is 13.3. The van der Waals surface area contributed by atoms with E-state index in [0.717, 1.165) is 17.1 Å². The van der Waals surface area contributed by atoms with Gasteiger partial charge < -0.3 is 15.4 Å². The molecule has 0 saturated carbocycles. The number of anilines is 3. The summed E-state index contributed by atoms with van der Waals surface area (Å²) >= 11 is 0. The lowest BCUT2D eigenvalue weighted by atomic mass is 10.2. The number of rotatable bonds is 4. The minimum Gasteiger partial charge on any atom is -0.489 e. The van der Waals surface area contributed by atoms with E-state index in [1.54, 1.807) is 0 Å². The van der Waals surface area contributed by atoms with E-state index >= 15 is 0 Å². The van der Waals surface area contributed by atoms with Gasteiger partial charge in [0, 0.05) is 12.7 Å². The smallest absolute Gasteiger partial charge is 0.144 e. The van der Waals surface area contributed by atoms with Gasteiger partial charge in [0.2, 0.25) is 0 Å². The van der Waals surface area contributed by atoms with Crippen LogP contribution in [-0.4, -0.2) is 13.2 Å². The Morgan fingerprint density at radius 3 is 2.32 bits per heavy atom. The van der Waals surface area contributed by atoms with Crippen molar-refractivity contribution in [1.82, 2.24) is 0 Å². The fraction of sp³-hybridized carbons (Fsp3) is 0.250. The molecule has 0 aliphatic rings. The van der Waals surface area contributed by atoms with Crippen molar-refractivity contribution in [2.24, 2.45) is 0 Å². The van der Waals surface area contributed by atoms with E-state index in [1.807, 2.05) is 57.3 Å². The zero-order valence-electron chi connectivity index (χ0n) is 11.6. The Balaban J connectivity index is 2.35. The monoisotopic (exact) mass is 256 g/mol. The van der Waals surface area contributed by atoms with Gasteiger partial charge in [0.1, 0.15) is 5.75 Å². The number of ether oxygens (including phenoxy) is 1. The summed E-state index contributed by atoms with van der Waals surface area (Å²) in [5, 5.41) is 0. The topological polar surface area (TPSA) is 38.5 Å². The Morgan fingerprint density at radius 1 is 1.00 bits per heavy atom. The van der Waals surface area contributed by atoms with E-state index in [2.05, 4.69) is 17.0 Å². The summed E-state index contributed by atoms with van der Waals surface area (Å²) in [7, 11) is 2.00. The van der Waals surface area contributed by atoms with Gasteiger partial charge >= 0.3 is 0 Å². The van der Waals surface area contributed by atoms with Gasteiger partial charge in [-0.1, -0.05) is 24.3 Å². The van der Waals surface area contributed by atoms with Gasteiger partial charge in [-0.05, 0) is 38.1 Å². The highest BCUT2D eigenvalue weighted by atomic mass is 16.5. The van der Waals surface area contributed by atoms with Crippen LogP contribution in [0, 0.1) is 0 Å². The van der Waals surface area contributed by atoms with Gasteiger partial charge in [-0.15, -0.1) is 0 Å². The summed E-state index contributed by atoms with van der Waals surface area (Å²) in [5.74, 6) is 0.732. The van der Waals surface area contributed by atoms with Crippen molar-refractivity contribution in [3.63, 3.8) is 0 Å². The lowest BCUT2D eigenvalue weighted by Crippen LogP contribution is -2.13. The second-order valence-corrected chi connectivity index (χ2v) is 4.75. The summed E-state index contributed by atoms with van der Waals surface area (Å²) < 4.78 is 5.72. The molecule has 0 aromatic heterocycles. The Kier molecular flexibility index (Phi) is 3.95. The van der Waals surface area contributed by atoms with Crippen LogP contribution in [0.4, 0.5) is 17.1 Å². The third-order valence-corrected chi connectivity index (χ3v) is 2.91. The predicted octanol–water partition coefficient (Wildman–Crippen LogP) is 3.82. The van der Waals surface area contributed by atoms with E-state index < -0.39 is 0 Å². The van der Waals surface area contributed by atoms with E-state index in [0.29, 0.717) is 5.69 Å². The number of para-hydroxylation sites is 2. The molecule has 19 heavy (non-hydrogen) atoms. The van der Waals surface area contributed by atoms with Crippen LogP contribution in [0.2, 0.25) is 0 Å². The molecule has 2 aromatic rings. The molecule has 0 saturated heterocycles. The summed E-state index contributed by atoms with van der Waals surface area (Å²) in [6.45, 7) is 3.99. The number of hydrogen-bond acceptors (Lipinski definition) is 3. The maximum absolute atomic E-state index is 6.20. The fourth-order valence-corrected chi connectivity index (χ4v) is 1.97. The molecule has 0 fully saturated rings. The van der Waals surface area contributed by atoms with E-state index in [1.165, 1.54) is 0 Å².